The summed E-state index contributed by atoms with van der Waals surface area (Å²) in [5.74, 6) is -0.657. The number of anilines is 1. The van der Waals surface area contributed by atoms with Crippen LogP contribution in [0.4, 0.5) is 11.5 Å². The predicted octanol–water partition coefficient (Wildman–Crippen LogP) is 2.42. The Morgan fingerprint density at radius 3 is 2.68 bits per heavy atom. The van der Waals surface area contributed by atoms with Crippen LogP contribution in [0.3, 0.4) is 0 Å². The summed E-state index contributed by atoms with van der Waals surface area (Å²) in [5, 5.41) is 19.4. The van der Waals surface area contributed by atoms with E-state index in [0.717, 1.165) is 11.4 Å². The number of carbonyl (C=O) groups excluding carboxylic acids is 3. The van der Waals surface area contributed by atoms with Crippen molar-refractivity contribution in [3.05, 3.63) is 63.8 Å². The van der Waals surface area contributed by atoms with Gasteiger partial charge in [-0.05, 0) is 43.5 Å². The van der Waals surface area contributed by atoms with Crippen molar-refractivity contribution in [3.63, 3.8) is 0 Å². The lowest BCUT2D eigenvalue weighted by molar-refractivity contribution is -0.384. The fourth-order valence-electron chi connectivity index (χ4n) is 3.10. The minimum atomic E-state index is -0.839. The molecule has 0 saturated carbocycles. The summed E-state index contributed by atoms with van der Waals surface area (Å²) in [4.78, 5) is 51.1. The molecule has 0 bridgehead atoms. The van der Waals surface area contributed by atoms with Crippen molar-refractivity contribution < 1.29 is 24.0 Å². The van der Waals surface area contributed by atoms with Gasteiger partial charge in [-0.1, -0.05) is 12.1 Å². The van der Waals surface area contributed by atoms with Gasteiger partial charge in [-0.15, -0.1) is 0 Å². The summed E-state index contributed by atoms with van der Waals surface area (Å²) in [6, 6.07) is 8.61. The molecular weight excluding hydrogens is 442 g/mol. The highest BCUT2D eigenvalue weighted by Crippen LogP contribution is 2.22. The largest absolute Gasteiger partial charge is 0.466 e. The molecule has 2 rings (SSSR count). The first kappa shape index (κ1) is 26.2. The maximum absolute atomic E-state index is 12.4. The van der Waals surface area contributed by atoms with Crippen LogP contribution < -0.4 is 16.0 Å². The van der Waals surface area contributed by atoms with Crippen LogP contribution in [0.15, 0.2) is 42.6 Å². The number of esters is 1. The van der Waals surface area contributed by atoms with Crippen LogP contribution in [0.5, 0.6) is 0 Å². The number of non-ortho nitro benzene ring substituents is 1. The van der Waals surface area contributed by atoms with Gasteiger partial charge in [0.2, 0.25) is 11.8 Å². The minimum absolute atomic E-state index is 0.164. The number of ether oxygens (including phenoxy) is 1. The number of nitro groups is 1. The van der Waals surface area contributed by atoms with E-state index in [-0.39, 0.29) is 37.6 Å². The second-order valence-electron chi connectivity index (χ2n) is 7.51. The molecular formula is C23H29N5O6. The Kier molecular flexibility index (Phi) is 10.4. The van der Waals surface area contributed by atoms with E-state index in [0.29, 0.717) is 18.5 Å². The van der Waals surface area contributed by atoms with E-state index < -0.39 is 22.8 Å². The van der Waals surface area contributed by atoms with Crippen LogP contribution in [0.25, 0.3) is 0 Å². The molecule has 0 radical (unpaired) electrons. The number of carbonyl (C=O) groups is 3. The SMILES string of the molecule is CCOC(=O)C[C@@H](NC(=O)CNC(=O)CCCNc1cc(C)ccn1)c1cccc([N+](=O)[O-])c1. The van der Waals surface area contributed by atoms with Crippen molar-refractivity contribution >= 4 is 29.3 Å². The average molecular weight is 472 g/mol. The lowest BCUT2D eigenvalue weighted by Crippen LogP contribution is -2.39. The molecule has 2 amide bonds. The Morgan fingerprint density at radius 2 is 1.97 bits per heavy atom. The van der Waals surface area contributed by atoms with Gasteiger partial charge in [0, 0.05) is 31.3 Å². The Bertz CT molecular complexity index is 1010. The smallest absolute Gasteiger partial charge is 0.308 e. The third-order valence-corrected chi connectivity index (χ3v) is 4.74. The van der Waals surface area contributed by atoms with Gasteiger partial charge in [0.15, 0.2) is 0 Å². The molecule has 0 aliphatic carbocycles. The highest BCUT2D eigenvalue weighted by molar-refractivity contribution is 5.85. The Hall–Kier alpha value is -4.02. The number of amides is 2. The third kappa shape index (κ3) is 9.23. The van der Waals surface area contributed by atoms with Crippen molar-refractivity contribution in [2.24, 2.45) is 0 Å². The number of rotatable bonds is 13. The van der Waals surface area contributed by atoms with Gasteiger partial charge in [0.05, 0.1) is 30.5 Å². The van der Waals surface area contributed by atoms with Crippen molar-refractivity contribution in [2.45, 2.75) is 39.2 Å². The van der Waals surface area contributed by atoms with Crippen LogP contribution in [-0.2, 0) is 19.1 Å². The maximum Gasteiger partial charge on any atom is 0.308 e. The molecule has 0 fully saturated rings. The van der Waals surface area contributed by atoms with E-state index in [9.17, 15) is 24.5 Å². The first-order chi connectivity index (χ1) is 16.3. The van der Waals surface area contributed by atoms with E-state index in [1.807, 2.05) is 19.1 Å². The first-order valence-electron chi connectivity index (χ1n) is 10.9. The number of hydrogen-bond acceptors (Lipinski definition) is 8. The number of hydrogen-bond donors (Lipinski definition) is 3. The molecule has 1 aromatic heterocycles. The summed E-state index contributed by atoms with van der Waals surface area (Å²) in [6.45, 7) is 4.03. The Labute approximate surface area is 197 Å². The number of aryl methyl sites for hydroxylation is 1. The van der Waals surface area contributed by atoms with Crippen LogP contribution in [0.2, 0.25) is 0 Å². The topological polar surface area (TPSA) is 153 Å². The zero-order chi connectivity index (χ0) is 24.9. The summed E-state index contributed by atoms with van der Waals surface area (Å²) in [5.41, 5.74) is 1.30. The Morgan fingerprint density at radius 1 is 1.18 bits per heavy atom. The lowest BCUT2D eigenvalue weighted by Gasteiger charge is -2.18. The molecule has 0 aliphatic rings. The number of nitrogens with zero attached hydrogens (tertiary/aromatic N) is 2. The van der Waals surface area contributed by atoms with Crippen molar-refractivity contribution in [1.29, 1.82) is 0 Å². The summed E-state index contributed by atoms with van der Waals surface area (Å²) >= 11 is 0. The minimum Gasteiger partial charge on any atom is -0.466 e. The van der Waals surface area contributed by atoms with Crippen LogP contribution in [0.1, 0.15) is 43.4 Å². The van der Waals surface area contributed by atoms with E-state index >= 15 is 0 Å². The monoisotopic (exact) mass is 471 g/mol. The molecule has 0 unspecified atom stereocenters. The van der Waals surface area contributed by atoms with E-state index in [1.165, 1.54) is 18.2 Å². The molecule has 0 spiro atoms. The van der Waals surface area contributed by atoms with Crippen molar-refractivity contribution in [2.75, 3.05) is 25.0 Å². The molecule has 11 nitrogen and oxygen atoms in total. The standard InChI is InChI=1S/C23H29N5O6/c1-3-34-23(31)14-19(17-6-4-7-18(13-17)28(32)33)27-22(30)15-26-21(29)8-5-10-24-20-12-16(2)9-11-25-20/h4,6-7,9,11-13,19H,3,5,8,10,14-15H2,1-2H3,(H,24,25)(H,26,29)(H,27,30)/t19-/m1/s1. The highest BCUT2D eigenvalue weighted by Gasteiger charge is 2.21. The number of aromatic nitrogens is 1. The molecule has 1 heterocycles. The van der Waals surface area contributed by atoms with Gasteiger partial charge in [-0.2, -0.15) is 0 Å². The zero-order valence-electron chi connectivity index (χ0n) is 19.2. The first-order valence-corrected chi connectivity index (χ1v) is 10.9. The molecule has 1 aromatic carbocycles. The molecule has 182 valence electrons. The summed E-state index contributed by atoms with van der Waals surface area (Å²) in [7, 11) is 0. The Balaban J connectivity index is 1.84. The number of nitrogens with one attached hydrogen (secondary N) is 3. The fourth-order valence-corrected chi connectivity index (χ4v) is 3.10. The fraction of sp³-hybridized carbons (Fsp3) is 0.391. The highest BCUT2D eigenvalue weighted by atomic mass is 16.6. The number of pyridine rings is 1. The molecule has 1 atom stereocenters. The van der Waals surface area contributed by atoms with E-state index in [4.69, 9.17) is 4.74 Å². The maximum atomic E-state index is 12.4. The van der Waals surface area contributed by atoms with Crippen LogP contribution in [0, 0.1) is 17.0 Å². The molecule has 0 saturated heterocycles. The van der Waals surface area contributed by atoms with E-state index in [2.05, 4.69) is 20.9 Å². The number of nitro benzene ring substituents is 1. The third-order valence-electron chi connectivity index (χ3n) is 4.74. The van der Waals surface area contributed by atoms with Gasteiger partial charge >= 0.3 is 5.97 Å². The van der Waals surface area contributed by atoms with Gasteiger partial charge in [-0.3, -0.25) is 24.5 Å². The van der Waals surface area contributed by atoms with Crippen LogP contribution in [-0.4, -0.2) is 47.4 Å². The predicted molar refractivity (Wildman–Crippen MR) is 125 cm³/mol. The second kappa shape index (κ2) is 13.5. The van der Waals surface area contributed by atoms with E-state index in [1.54, 1.807) is 19.2 Å². The molecule has 34 heavy (non-hydrogen) atoms. The molecule has 2 aromatic rings. The van der Waals surface area contributed by atoms with Gasteiger partial charge in [0.25, 0.3) is 5.69 Å². The van der Waals surface area contributed by atoms with Gasteiger partial charge < -0.3 is 20.7 Å². The normalized spacial score (nSPS) is 11.2. The summed E-state index contributed by atoms with van der Waals surface area (Å²) in [6.07, 6.45) is 2.25. The zero-order valence-corrected chi connectivity index (χ0v) is 19.2. The van der Waals surface area contributed by atoms with Gasteiger partial charge in [0.1, 0.15) is 5.82 Å². The van der Waals surface area contributed by atoms with Gasteiger partial charge in [-0.25, -0.2) is 4.98 Å². The number of benzene rings is 1. The average Bonchev–Trinajstić information content (AvgIpc) is 2.80. The second-order valence-corrected chi connectivity index (χ2v) is 7.51. The van der Waals surface area contributed by atoms with Crippen molar-refractivity contribution in [1.82, 2.24) is 15.6 Å². The molecule has 3 N–H and O–H groups in total. The lowest BCUT2D eigenvalue weighted by atomic mass is 10.0. The molecule has 11 heteroatoms. The summed E-state index contributed by atoms with van der Waals surface area (Å²) < 4.78 is 4.94. The van der Waals surface area contributed by atoms with Crippen molar-refractivity contribution in [3.8, 4) is 0 Å². The quantitative estimate of drug-likeness (QED) is 0.174. The molecule has 0 aliphatic heterocycles. The van der Waals surface area contributed by atoms with Crippen LogP contribution >= 0.6 is 0 Å².